The van der Waals surface area contributed by atoms with E-state index in [0.717, 1.165) is 11.8 Å². The molecule has 0 atom stereocenters. The molecule has 0 aliphatic carbocycles. The van der Waals surface area contributed by atoms with Crippen LogP contribution in [0.2, 0.25) is 0 Å². The van der Waals surface area contributed by atoms with Crippen LogP contribution in [0.4, 0.5) is 5.82 Å². The van der Waals surface area contributed by atoms with Crippen molar-refractivity contribution in [2.75, 3.05) is 37.5 Å². The van der Waals surface area contributed by atoms with Crippen molar-refractivity contribution in [1.29, 1.82) is 0 Å². The van der Waals surface area contributed by atoms with Gasteiger partial charge in [-0.2, -0.15) is 0 Å². The third-order valence-electron chi connectivity index (χ3n) is 5.45. The van der Waals surface area contributed by atoms with Crippen LogP contribution in [0.5, 0.6) is 0 Å². The zero-order chi connectivity index (χ0) is 23.8. The Morgan fingerprint density at radius 2 is 1.64 bits per heavy atom. The van der Waals surface area contributed by atoms with Crippen LogP contribution in [0, 0.1) is 6.92 Å². The quantitative estimate of drug-likeness (QED) is 0.602. The number of anilines is 1. The van der Waals surface area contributed by atoms with E-state index in [1.807, 2.05) is 19.1 Å². The molecule has 0 spiro atoms. The summed E-state index contributed by atoms with van der Waals surface area (Å²) in [6.07, 6.45) is 1.13. The molecule has 0 unspecified atom stereocenters. The molecule has 1 fully saturated rings. The van der Waals surface area contributed by atoms with E-state index in [1.165, 1.54) is 16.7 Å². The molecule has 9 nitrogen and oxygen atoms in total. The number of ether oxygens (including phenoxy) is 1. The number of aryl methyl sites for hydroxylation is 1. The molecule has 0 bridgehead atoms. The van der Waals surface area contributed by atoms with Crippen molar-refractivity contribution in [3.63, 3.8) is 0 Å². The highest BCUT2D eigenvalue weighted by molar-refractivity contribution is 7.90. The minimum Gasteiger partial charge on any atom is -0.378 e. The highest BCUT2D eigenvalue weighted by Gasteiger charge is 2.27. The second-order valence-corrected chi connectivity index (χ2v) is 9.89. The van der Waals surface area contributed by atoms with Crippen molar-refractivity contribution in [1.82, 2.24) is 9.55 Å². The number of amides is 1. The summed E-state index contributed by atoms with van der Waals surface area (Å²) >= 11 is 0. The summed E-state index contributed by atoms with van der Waals surface area (Å²) in [5.41, 5.74) is 6.87. The van der Waals surface area contributed by atoms with Crippen molar-refractivity contribution < 1.29 is 17.9 Å². The van der Waals surface area contributed by atoms with Crippen LogP contribution >= 0.6 is 0 Å². The average molecular weight is 469 g/mol. The van der Waals surface area contributed by atoms with Crippen LogP contribution in [0.15, 0.2) is 58.2 Å². The molecule has 2 N–H and O–H groups in total. The first-order valence-corrected chi connectivity index (χ1v) is 12.2. The number of nitrogens with zero attached hydrogens (tertiary/aromatic N) is 3. The largest absolute Gasteiger partial charge is 0.378 e. The number of morpholine rings is 1. The summed E-state index contributed by atoms with van der Waals surface area (Å²) in [7, 11) is -3.39. The summed E-state index contributed by atoms with van der Waals surface area (Å²) < 4.78 is 30.5. The van der Waals surface area contributed by atoms with Crippen molar-refractivity contribution >= 4 is 21.6 Å². The molecule has 2 heterocycles. The first-order chi connectivity index (χ1) is 15.7. The fourth-order valence-corrected chi connectivity index (χ4v) is 4.34. The number of nitrogens with two attached hydrogens (primary N) is 1. The van der Waals surface area contributed by atoms with E-state index in [1.54, 1.807) is 29.2 Å². The lowest BCUT2D eigenvalue weighted by molar-refractivity contribution is 0.0996. The number of aromatic nitrogens is 2. The number of primary amides is 1. The molecule has 0 radical (unpaired) electrons. The Morgan fingerprint density at radius 3 is 2.18 bits per heavy atom. The van der Waals surface area contributed by atoms with Gasteiger partial charge in [-0.25, -0.2) is 13.4 Å². The topological polar surface area (TPSA) is 125 Å². The molecule has 3 aromatic rings. The minimum absolute atomic E-state index is 0.151. The fraction of sp³-hybridized carbons (Fsp3) is 0.261. The molecule has 2 aromatic carbocycles. The Balaban J connectivity index is 2.01. The van der Waals surface area contributed by atoms with Gasteiger partial charge in [-0.1, -0.05) is 17.7 Å². The van der Waals surface area contributed by atoms with Crippen molar-refractivity contribution in [3.8, 4) is 17.1 Å². The van der Waals surface area contributed by atoms with Crippen LogP contribution in [0.25, 0.3) is 17.1 Å². The third-order valence-corrected chi connectivity index (χ3v) is 6.58. The van der Waals surface area contributed by atoms with E-state index < -0.39 is 21.3 Å². The van der Waals surface area contributed by atoms with Crippen molar-refractivity contribution in [2.45, 2.75) is 11.8 Å². The predicted octanol–water partition coefficient (Wildman–Crippen LogP) is 1.55. The van der Waals surface area contributed by atoms with E-state index in [-0.39, 0.29) is 22.1 Å². The van der Waals surface area contributed by atoms with Gasteiger partial charge in [-0.3, -0.25) is 14.2 Å². The Bertz CT molecular complexity index is 1360. The SMILES string of the molecule is Cc1ccc(-n2c(-c3ccc(S(C)(=O)=O)cc3)nc(N3CCOCC3)c(C(N)=O)c2=O)cc1. The number of carbonyl (C=O) groups is 1. The lowest BCUT2D eigenvalue weighted by atomic mass is 10.1. The van der Waals surface area contributed by atoms with E-state index in [0.29, 0.717) is 37.6 Å². The van der Waals surface area contributed by atoms with Gasteiger partial charge in [0.2, 0.25) is 0 Å². The summed E-state index contributed by atoms with van der Waals surface area (Å²) in [5.74, 6) is -0.398. The molecule has 4 rings (SSSR count). The van der Waals surface area contributed by atoms with Crippen LogP contribution in [-0.4, -0.2) is 56.4 Å². The molecule has 172 valence electrons. The second kappa shape index (κ2) is 8.80. The Hall–Kier alpha value is -3.50. The van der Waals surface area contributed by atoms with Gasteiger partial charge in [0.25, 0.3) is 11.5 Å². The Morgan fingerprint density at radius 1 is 1.03 bits per heavy atom. The van der Waals surface area contributed by atoms with Gasteiger partial charge in [-0.15, -0.1) is 0 Å². The fourth-order valence-electron chi connectivity index (χ4n) is 3.71. The normalized spacial score (nSPS) is 14.3. The van der Waals surface area contributed by atoms with Gasteiger partial charge < -0.3 is 15.4 Å². The highest BCUT2D eigenvalue weighted by atomic mass is 32.2. The maximum Gasteiger partial charge on any atom is 0.273 e. The molecule has 33 heavy (non-hydrogen) atoms. The zero-order valence-corrected chi connectivity index (χ0v) is 19.1. The second-order valence-electron chi connectivity index (χ2n) is 7.87. The van der Waals surface area contributed by atoms with E-state index in [2.05, 4.69) is 0 Å². The molecule has 1 aliphatic heterocycles. The molecular formula is C23H24N4O5S. The maximum atomic E-state index is 13.6. The lowest BCUT2D eigenvalue weighted by Crippen LogP contribution is -2.41. The molecular weight excluding hydrogens is 444 g/mol. The van der Waals surface area contributed by atoms with Crippen LogP contribution in [0.1, 0.15) is 15.9 Å². The molecule has 1 amide bonds. The van der Waals surface area contributed by atoms with Gasteiger partial charge in [0.05, 0.1) is 23.8 Å². The van der Waals surface area contributed by atoms with Crippen molar-refractivity contribution in [3.05, 3.63) is 70.0 Å². The van der Waals surface area contributed by atoms with Gasteiger partial charge in [0.15, 0.2) is 9.84 Å². The van der Waals surface area contributed by atoms with E-state index in [9.17, 15) is 18.0 Å². The number of benzene rings is 2. The summed E-state index contributed by atoms with van der Waals surface area (Å²) in [4.78, 5) is 32.7. The highest BCUT2D eigenvalue weighted by Crippen LogP contribution is 2.26. The van der Waals surface area contributed by atoms with E-state index >= 15 is 0 Å². The maximum absolute atomic E-state index is 13.6. The number of hydrogen-bond acceptors (Lipinski definition) is 7. The number of rotatable bonds is 5. The van der Waals surface area contributed by atoms with E-state index in [4.69, 9.17) is 15.5 Å². The molecule has 0 saturated carbocycles. The number of carbonyl (C=O) groups excluding carboxylic acids is 1. The van der Waals surface area contributed by atoms with Crippen LogP contribution in [0.3, 0.4) is 0 Å². The van der Waals surface area contributed by atoms with Crippen LogP contribution in [-0.2, 0) is 14.6 Å². The first kappa shape index (κ1) is 22.7. The summed E-state index contributed by atoms with van der Waals surface area (Å²) in [6.45, 7) is 3.69. The van der Waals surface area contributed by atoms with Gasteiger partial charge >= 0.3 is 0 Å². The third kappa shape index (κ3) is 4.53. The smallest absolute Gasteiger partial charge is 0.273 e. The Labute approximate surface area is 191 Å². The molecule has 10 heteroatoms. The van der Waals surface area contributed by atoms with Gasteiger partial charge in [-0.05, 0) is 43.3 Å². The molecule has 1 saturated heterocycles. The number of hydrogen-bond donors (Lipinski definition) is 1. The monoisotopic (exact) mass is 468 g/mol. The van der Waals surface area contributed by atoms with Crippen molar-refractivity contribution in [2.24, 2.45) is 5.73 Å². The van der Waals surface area contributed by atoms with Crippen LogP contribution < -0.4 is 16.2 Å². The predicted molar refractivity (Wildman–Crippen MR) is 125 cm³/mol. The number of sulfone groups is 1. The van der Waals surface area contributed by atoms with Gasteiger partial charge in [0, 0.05) is 24.9 Å². The first-order valence-electron chi connectivity index (χ1n) is 10.3. The summed E-state index contributed by atoms with van der Waals surface area (Å²) in [5, 5.41) is 0. The minimum atomic E-state index is -3.39. The average Bonchev–Trinajstić information content (AvgIpc) is 2.79. The summed E-state index contributed by atoms with van der Waals surface area (Å²) in [6, 6.07) is 13.3. The standard InChI is InChI=1S/C23H24N4O5S/c1-15-3-7-17(8-4-15)27-21(16-5-9-18(10-6-16)33(2,30)31)25-22(19(20(24)28)23(27)29)26-11-13-32-14-12-26/h3-10H,11-14H2,1-2H3,(H2,24,28). The molecule has 1 aliphatic rings. The Kier molecular flexibility index (Phi) is 6.05. The van der Waals surface area contributed by atoms with Gasteiger partial charge in [0.1, 0.15) is 17.2 Å². The molecule has 1 aromatic heterocycles. The lowest BCUT2D eigenvalue weighted by Gasteiger charge is -2.29. The zero-order valence-electron chi connectivity index (χ0n) is 18.3.